The fourth-order valence-electron chi connectivity index (χ4n) is 5.24. The maximum atomic E-state index is 14.0. The molecule has 0 atom stereocenters. The highest BCUT2D eigenvalue weighted by atomic mass is 16.4. The lowest BCUT2D eigenvalue weighted by molar-refractivity contribution is 0.144. The zero-order valence-electron chi connectivity index (χ0n) is 19.8. The first-order chi connectivity index (χ1) is 18.0. The minimum absolute atomic E-state index is 0.0301. The monoisotopic (exact) mass is 490 g/mol. The van der Waals surface area contributed by atoms with Crippen LogP contribution in [0.4, 0.5) is 4.79 Å². The molecule has 2 heterocycles. The van der Waals surface area contributed by atoms with Crippen LogP contribution in [0.2, 0.25) is 0 Å². The molecular weight excluding hydrogens is 468 g/mol. The summed E-state index contributed by atoms with van der Waals surface area (Å²) in [4.78, 5) is 25.4. The summed E-state index contributed by atoms with van der Waals surface area (Å²) in [5.74, 6) is 0.421. The summed E-state index contributed by atoms with van der Waals surface area (Å²) in [5.41, 5.74) is 2.91. The van der Waals surface area contributed by atoms with Gasteiger partial charge in [-0.3, -0.25) is 4.79 Å². The number of hydrogen-bond donors (Lipinski definition) is 2. The Labute approximate surface area is 211 Å². The molecule has 1 amide bonds. The molecule has 5 aromatic rings. The molecule has 1 saturated carbocycles. The first-order valence-corrected chi connectivity index (χ1v) is 12.0. The number of hydrogen-bond acceptors (Lipinski definition) is 5. The van der Waals surface area contributed by atoms with Crippen LogP contribution >= 0.6 is 0 Å². The first-order valence-electron chi connectivity index (χ1n) is 12.0. The molecule has 3 aromatic carbocycles. The van der Waals surface area contributed by atoms with Crippen LogP contribution in [-0.2, 0) is 12.1 Å². The number of fused-ring (bicyclic) bond motifs is 3. The largest absolute Gasteiger partial charge is 0.465 e. The van der Waals surface area contributed by atoms with Crippen LogP contribution in [0.5, 0.6) is 0 Å². The third-order valence-corrected chi connectivity index (χ3v) is 7.20. The number of nitrogens with zero attached hydrogens (tertiary/aromatic N) is 3. The Morgan fingerprint density at radius 2 is 1.84 bits per heavy atom. The second kappa shape index (κ2) is 8.64. The molecule has 8 nitrogen and oxygen atoms in total. The van der Waals surface area contributed by atoms with Gasteiger partial charge in [0.15, 0.2) is 5.58 Å². The van der Waals surface area contributed by atoms with Crippen molar-refractivity contribution in [2.45, 2.75) is 31.3 Å². The predicted octanol–water partition coefficient (Wildman–Crippen LogP) is 5.65. The molecule has 2 N–H and O–H groups in total. The highest BCUT2D eigenvalue weighted by Crippen LogP contribution is 2.42. The van der Waals surface area contributed by atoms with E-state index in [1.54, 1.807) is 12.3 Å². The number of nitrogens with one attached hydrogen (secondary N) is 1. The second-order valence-electron chi connectivity index (χ2n) is 9.28. The number of aromatic nitrogens is 2. The smallest absolute Gasteiger partial charge is 0.405 e. The zero-order valence-corrected chi connectivity index (χ0v) is 19.8. The van der Waals surface area contributed by atoms with Gasteiger partial charge in [0.2, 0.25) is 5.43 Å². The standard InChI is InChI=1S/C29H22N4O4/c30-15-16-33-24-20(17-31-33)9-12-22-25(34)23(26(37-27(22)24)19-5-2-1-3-6-19)18-7-10-21(11-8-18)29(13-4-14-29)32-28(35)36/h1-3,5-12,17,32H,4,13-14,16H2,(H,35,36). The number of benzene rings is 3. The van der Waals surface area contributed by atoms with Crippen molar-refractivity contribution in [2.75, 3.05) is 0 Å². The lowest BCUT2D eigenvalue weighted by atomic mass is 9.71. The summed E-state index contributed by atoms with van der Waals surface area (Å²) < 4.78 is 8.03. The summed E-state index contributed by atoms with van der Waals surface area (Å²) in [6.07, 6.45) is 3.03. The Balaban J connectivity index is 1.58. The lowest BCUT2D eigenvalue weighted by Crippen LogP contribution is -2.50. The maximum absolute atomic E-state index is 14.0. The number of rotatable bonds is 5. The van der Waals surface area contributed by atoms with E-state index in [1.807, 2.05) is 60.7 Å². The molecule has 0 radical (unpaired) electrons. The maximum Gasteiger partial charge on any atom is 0.405 e. The highest BCUT2D eigenvalue weighted by Gasteiger charge is 2.40. The van der Waals surface area contributed by atoms with Gasteiger partial charge in [-0.25, -0.2) is 9.48 Å². The Hall–Kier alpha value is -4.90. The topological polar surface area (TPSA) is 121 Å². The Kier molecular flexibility index (Phi) is 5.27. The van der Waals surface area contributed by atoms with Crippen molar-refractivity contribution >= 4 is 28.0 Å². The fraction of sp³-hybridized carbons (Fsp3) is 0.172. The van der Waals surface area contributed by atoms with E-state index in [-0.39, 0.29) is 12.0 Å². The van der Waals surface area contributed by atoms with Crippen molar-refractivity contribution in [1.29, 1.82) is 5.26 Å². The Morgan fingerprint density at radius 3 is 2.49 bits per heavy atom. The summed E-state index contributed by atoms with van der Waals surface area (Å²) in [5, 5.41) is 26.7. The van der Waals surface area contributed by atoms with E-state index >= 15 is 0 Å². The second-order valence-corrected chi connectivity index (χ2v) is 9.28. The van der Waals surface area contributed by atoms with Gasteiger partial charge in [-0.2, -0.15) is 10.4 Å². The van der Waals surface area contributed by atoms with E-state index < -0.39 is 11.6 Å². The van der Waals surface area contributed by atoms with Gasteiger partial charge < -0.3 is 14.8 Å². The Bertz CT molecular complexity index is 1760. The molecule has 1 aliphatic carbocycles. The molecule has 6 rings (SSSR count). The molecule has 0 saturated heterocycles. The number of carbonyl (C=O) groups is 1. The molecule has 1 aliphatic rings. The van der Waals surface area contributed by atoms with Gasteiger partial charge in [0.25, 0.3) is 0 Å². The van der Waals surface area contributed by atoms with Gasteiger partial charge in [0, 0.05) is 10.9 Å². The normalized spacial score (nSPS) is 14.2. The predicted molar refractivity (Wildman–Crippen MR) is 139 cm³/mol. The van der Waals surface area contributed by atoms with Crippen LogP contribution in [0, 0.1) is 11.3 Å². The summed E-state index contributed by atoms with van der Waals surface area (Å²) in [6, 6.07) is 22.5. The number of nitriles is 1. The van der Waals surface area contributed by atoms with Crippen molar-refractivity contribution in [3.05, 3.63) is 88.7 Å². The fourth-order valence-corrected chi connectivity index (χ4v) is 5.24. The van der Waals surface area contributed by atoms with Gasteiger partial charge in [0.1, 0.15) is 17.8 Å². The van der Waals surface area contributed by atoms with Crippen molar-refractivity contribution in [3.8, 4) is 28.5 Å². The summed E-state index contributed by atoms with van der Waals surface area (Å²) >= 11 is 0. The average molecular weight is 491 g/mol. The van der Waals surface area contributed by atoms with E-state index in [0.717, 1.165) is 35.8 Å². The molecule has 8 heteroatoms. The van der Waals surface area contributed by atoms with Crippen molar-refractivity contribution in [3.63, 3.8) is 0 Å². The van der Waals surface area contributed by atoms with Gasteiger partial charge in [-0.1, -0.05) is 60.7 Å². The van der Waals surface area contributed by atoms with E-state index in [9.17, 15) is 20.0 Å². The average Bonchev–Trinajstić information content (AvgIpc) is 3.30. The molecule has 182 valence electrons. The molecule has 0 unspecified atom stereocenters. The number of carboxylic acid groups (broad SMARTS) is 1. The van der Waals surface area contributed by atoms with E-state index in [0.29, 0.717) is 33.4 Å². The van der Waals surface area contributed by atoms with Crippen molar-refractivity contribution in [2.24, 2.45) is 0 Å². The SMILES string of the molecule is N#CCn1ncc2ccc3c(=O)c(-c4ccc(C5(NC(=O)O)CCC5)cc4)c(-c4ccccc4)oc3c21. The van der Waals surface area contributed by atoms with Gasteiger partial charge in [-0.15, -0.1) is 0 Å². The third kappa shape index (κ3) is 3.64. The van der Waals surface area contributed by atoms with E-state index in [4.69, 9.17) is 4.42 Å². The van der Waals surface area contributed by atoms with Gasteiger partial charge in [0.05, 0.1) is 28.8 Å². The molecule has 0 bridgehead atoms. The zero-order chi connectivity index (χ0) is 25.6. The van der Waals surface area contributed by atoms with Crippen molar-refractivity contribution in [1.82, 2.24) is 15.1 Å². The quantitative estimate of drug-likeness (QED) is 0.328. The molecule has 37 heavy (non-hydrogen) atoms. The highest BCUT2D eigenvalue weighted by molar-refractivity contribution is 6.04. The van der Waals surface area contributed by atoms with E-state index in [2.05, 4.69) is 16.5 Å². The lowest BCUT2D eigenvalue weighted by Gasteiger charge is -2.42. The molecular formula is C29H22N4O4. The van der Waals surface area contributed by atoms with Crippen LogP contribution in [-0.4, -0.2) is 21.0 Å². The molecule has 0 aliphatic heterocycles. The van der Waals surface area contributed by atoms with E-state index in [1.165, 1.54) is 4.68 Å². The van der Waals surface area contributed by atoms with Crippen LogP contribution in [0.1, 0.15) is 24.8 Å². The van der Waals surface area contributed by atoms with Crippen LogP contribution in [0.15, 0.2) is 82.1 Å². The molecule has 2 aromatic heterocycles. The first kappa shape index (κ1) is 22.6. The van der Waals surface area contributed by atoms with Crippen LogP contribution < -0.4 is 10.7 Å². The Morgan fingerprint density at radius 1 is 1.08 bits per heavy atom. The van der Waals surface area contributed by atoms with Crippen molar-refractivity contribution < 1.29 is 14.3 Å². The van der Waals surface area contributed by atoms with Crippen LogP contribution in [0.3, 0.4) is 0 Å². The minimum Gasteiger partial charge on any atom is -0.465 e. The summed E-state index contributed by atoms with van der Waals surface area (Å²) in [6.45, 7) is 0.0301. The summed E-state index contributed by atoms with van der Waals surface area (Å²) in [7, 11) is 0. The van der Waals surface area contributed by atoms with Gasteiger partial charge in [-0.05, 0) is 36.5 Å². The van der Waals surface area contributed by atoms with Gasteiger partial charge >= 0.3 is 6.09 Å². The number of amides is 1. The minimum atomic E-state index is -1.05. The molecule has 0 spiro atoms. The van der Waals surface area contributed by atoms with Crippen LogP contribution in [0.25, 0.3) is 44.3 Å². The third-order valence-electron chi connectivity index (χ3n) is 7.20. The molecule has 1 fully saturated rings.